The van der Waals surface area contributed by atoms with Gasteiger partial charge in [0, 0.05) is 45.4 Å². The fraction of sp³-hybridized carbons (Fsp3) is 0.152. The Labute approximate surface area is 209 Å². The summed E-state index contributed by atoms with van der Waals surface area (Å²) in [7, 11) is 2.16. The molecule has 4 aromatic carbocycles. The lowest BCUT2D eigenvalue weighted by molar-refractivity contribution is 0.672. The summed E-state index contributed by atoms with van der Waals surface area (Å²) < 4.78 is 11.2. The van der Waals surface area contributed by atoms with E-state index in [-0.39, 0.29) is 0 Å². The van der Waals surface area contributed by atoms with Crippen molar-refractivity contribution < 1.29 is 4.42 Å². The van der Waals surface area contributed by atoms with Crippen LogP contribution in [0.15, 0.2) is 89.4 Å². The van der Waals surface area contributed by atoms with Gasteiger partial charge in [0.2, 0.25) is 0 Å². The predicted octanol–water partition coefficient (Wildman–Crippen LogP) is 9.16. The van der Waals surface area contributed by atoms with E-state index in [0.29, 0.717) is 0 Å². The molecule has 176 valence electrons. The number of rotatable bonds is 1. The third-order valence-electron chi connectivity index (χ3n) is 7.61. The summed E-state index contributed by atoms with van der Waals surface area (Å²) in [6, 6.07) is 28.4. The maximum absolute atomic E-state index is 6.55. The molecule has 0 aliphatic heterocycles. The Balaban J connectivity index is 0.00000108. The molecule has 3 aromatic heterocycles. The minimum Gasteiger partial charge on any atom is -0.455 e. The van der Waals surface area contributed by atoms with Crippen molar-refractivity contribution in [2.24, 2.45) is 7.05 Å². The zero-order chi connectivity index (χ0) is 24.4. The van der Waals surface area contributed by atoms with E-state index in [2.05, 4.69) is 107 Å². The maximum atomic E-state index is 6.55. The largest absolute Gasteiger partial charge is 0.455 e. The van der Waals surface area contributed by atoms with Crippen LogP contribution in [-0.4, -0.2) is 9.13 Å². The van der Waals surface area contributed by atoms with E-state index in [1.807, 2.05) is 13.8 Å². The fourth-order valence-electron chi connectivity index (χ4n) is 6.08. The molecule has 3 heterocycles. The van der Waals surface area contributed by atoms with Gasteiger partial charge in [0.15, 0.2) is 0 Å². The Bertz CT molecular complexity index is 1920. The molecule has 0 unspecified atom stereocenters. The molecular formula is C33H28N2O. The summed E-state index contributed by atoms with van der Waals surface area (Å²) in [5.41, 5.74) is 9.52. The number of hydrogen-bond acceptors (Lipinski definition) is 1. The second kappa shape index (κ2) is 7.89. The smallest absolute Gasteiger partial charge is 0.145 e. The molecule has 0 radical (unpaired) electrons. The van der Waals surface area contributed by atoms with Gasteiger partial charge in [-0.1, -0.05) is 56.3 Å². The summed E-state index contributed by atoms with van der Waals surface area (Å²) in [6.07, 6.45) is 6.68. The molecule has 0 amide bonds. The first-order chi connectivity index (χ1) is 17.8. The number of furan rings is 1. The van der Waals surface area contributed by atoms with Crippen LogP contribution >= 0.6 is 0 Å². The zero-order valence-electron chi connectivity index (χ0n) is 20.9. The number of nitrogens with zero attached hydrogens (tertiary/aromatic N) is 2. The molecule has 8 rings (SSSR count). The van der Waals surface area contributed by atoms with E-state index >= 15 is 0 Å². The highest BCUT2D eigenvalue weighted by molar-refractivity contribution is 6.17. The van der Waals surface area contributed by atoms with Crippen LogP contribution in [0, 0.1) is 0 Å². The number of benzene rings is 4. The first-order valence-electron chi connectivity index (χ1n) is 12.9. The second-order valence-electron chi connectivity index (χ2n) is 9.35. The van der Waals surface area contributed by atoms with Crippen LogP contribution in [0.3, 0.4) is 0 Å². The summed E-state index contributed by atoms with van der Waals surface area (Å²) in [4.78, 5) is 0. The predicted molar refractivity (Wildman–Crippen MR) is 153 cm³/mol. The minimum atomic E-state index is 0.941. The monoisotopic (exact) mass is 468 g/mol. The van der Waals surface area contributed by atoms with Gasteiger partial charge in [-0.25, -0.2) is 0 Å². The Hall–Kier alpha value is -4.24. The molecule has 36 heavy (non-hydrogen) atoms. The van der Waals surface area contributed by atoms with Crippen molar-refractivity contribution in [1.82, 2.24) is 9.13 Å². The quantitative estimate of drug-likeness (QED) is 0.235. The lowest BCUT2D eigenvalue weighted by atomic mass is 9.99. The van der Waals surface area contributed by atoms with E-state index in [4.69, 9.17) is 4.42 Å². The molecule has 0 atom stereocenters. The van der Waals surface area contributed by atoms with E-state index in [9.17, 15) is 0 Å². The molecule has 1 aliphatic rings. The average Bonchev–Trinajstić information content (AvgIpc) is 3.57. The number of aryl methyl sites for hydroxylation is 2. The van der Waals surface area contributed by atoms with Crippen LogP contribution in [0.2, 0.25) is 0 Å². The summed E-state index contributed by atoms with van der Waals surface area (Å²) >= 11 is 0. The number of para-hydroxylation sites is 2. The van der Waals surface area contributed by atoms with Crippen molar-refractivity contribution >= 4 is 60.7 Å². The van der Waals surface area contributed by atoms with E-state index in [1.165, 1.54) is 54.7 Å². The minimum absolute atomic E-state index is 0.941. The highest BCUT2D eigenvalue weighted by Crippen LogP contribution is 2.41. The van der Waals surface area contributed by atoms with Crippen molar-refractivity contribution in [2.75, 3.05) is 0 Å². The van der Waals surface area contributed by atoms with Gasteiger partial charge < -0.3 is 13.6 Å². The molecule has 0 bridgehead atoms. The summed E-state index contributed by atoms with van der Waals surface area (Å²) in [6.45, 7) is 4.00. The van der Waals surface area contributed by atoms with Crippen molar-refractivity contribution in [1.29, 1.82) is 0 Å². The Morgan fingerprint density at radius 2 is 1.44 bits per heavy atom. The van der Waals surface area contributed by atoms with Crippen molar-refractivity contribution in [2.45, 2.75) is 26.7 Å². The lowest BCUT2D eigenvalue weighted by Crippen LogP contribution is -1.96. The van der Waals surface area contributed by atoms with Crippen LogP contribution in [-0.2, 0) is 13.5 Å². The van der Waals surface area contributed by atoms with Crippen molar-refractivity contribution in [3.63, 3.8) is 0 Å². The van der Waals surface area contributed by atoms with Crippen molar-refractivity contribution in [3.05, 3.63) is 96.2 Å². The third-order valence-corrected chi connectivity index (χ3v) is 7.61. The molecule has 3 nitrogen and oxygen atoms in total. The van der Waals surface area contributed by atoms with Gasteiger partial charge in [-0.3, -0.25) is 0 Å². The highest BCUT2D eigenvalue weighted by atomic mass is 16.3. The van der Waals surface area contributed by atoms with Gasteiger partial charge in [-0.05, 0) is 66.9 Å². The highest BCUT2D eigenvalue weighted by Gasteiger charge is 2.21. The molecule has 0 fully saturated rings. The molecule has 0 saturated carbocycles. The lowest BCUT2D eigenvalue weighted by Gasteiger charge is -2.07. The average molecular weight is 469 g/mol. The van der Waals surface area contributed by atoms with E-state index in [1.54, 1.807) is 0 Å². The van der Waals surface area contributed by atoms with Crippen LogP contribution in [0.1, 0.15) is 31.5 Å². The molecule has 0 saturated heterocycles. The topological polar surface area (TPSA) is 23.0 Å². The van der Waals surface area contributed by atoms with Crippen LogP contribution in [0.25, 0.3) is 66.4 Å². The first kappa shape index (κ1) is 21.1. The van der Waals surface area contributed by atoms with Gasteiger partial charge in [0.1, 0.15) is 11.2 Å². The number of hydrogen-bond donors (Lipinski definition) is 0. The third kappa shape index (κ3) is 2.74. The van der Waals surface area contributed by atoms with Crippen LogP contribution in [0.4, 0.5) is 0 Å². The number of fused-ring (bicyclic) bond motifs is 10. The maximum Gasteiger partial charge on any atom is 0.145 e. The van der Waals surface area contributed by atoms with Gasteiger partial charge in [-0.15, -0.1) is 0 Å². The summed E-state index contributed by atoms with van der Waals surface area (Å²) in [5.74, 6) is 0. The second-order valence-corrected chi connectivity index (χ2v) is 9.35. The zero-order valence-corrected chi connectivity index (χ0v) is 20.9. The molecule has 7 aromatic rings. The van der Waals surface area contributed by atoms with Gasteiger partial charge >= 0.3 is 0 Å². The Morgan fingerprint density at radius 1 is 0.722 bits per heavy atom. The molecule has 0 spiro atoms. The number of aromatic nitrogens is 2. The SMILES string of the molecule is CC.Cn1c2c(c3c4oc5ccc(-n6c7ccccc7c7ccccc76)cc5c4ccc31)CCC=C2. The van der Waals surface area contributed by atoms with Gasteiger partial charge in [-0.2, -0.15) is 0 Å². The molecular weight excluding hydrogens is 440 g/mol. The summed E-state index contributed by atoms with van der Waals surface area (Å²) in [5, 5.41) is 6.18. The molecule has 3 heteroatoms. The standard InChI is InChI=1S/C31H22N2O.C2H6/c1-32-25-11-5-4-10-23(25)30-28(32)16-15-22-24-18-19(14-17-29(24)34-31(22)30)33-26-12-6-2-8-20(26)21-9-3-7-13-27(21)33;1-2/h2-3,5-9,11-18H,4,10H2,1H3;1-2H3. The van der Waals surface area contributed by atoms with Gasteiger partial charge in [0.25, 0.3) is 0 Å². The van der Waals surface area contributed by atoms with Crippen LogP contribution < -0.4 is 0 Å². The van der Waals surface area contributed by atoms with E-state index < -0.39 is 0 Å². The Kier molecular flexibility index (Phi) is 4.62. The first-order valence-corrected chi connectivity index (χ1v) is 12.9. The normalized spacial score (nSPS) is 13.1. The molecule has 1 aliphatic carbocycles. The number of allylic oxidation sites excluding steroid dienone is 1. The fourth-order valence-corrected chi connectivity index (χ4v) is 6.08. The van der Waals surface area contributed by atoms with Crippen molar-refractivity contribution in [3.8, 4) is 5.69 Å². The van der Waals surface area contributed by atoms with Crippen LogP contribution in [0.5, 0.6) is 0 Å². The Morgan fingerprint density at radius 3 is 2.19 bits per heavy atom. The van der Waals surface area contributed by atoms with E-state index in [0.717, 1.165) is 29.7 Å². The molecule has 0 N–H and O–H groups in total. The van der Waals surface area contributed by atoms with Gasteiger partial charge in [0.05, 0.1) is 16.6 Å².